The third kappa shape index (κ3) is 3.59. The molecule has 0 bridgehead atoms. The zero-order chi connectivity index (χ0) is 13.8. The number of aliphatic carboxylic acids is 1. The van der Waals surface area contributed by atoms with Gasteiger partial charge in [-0.15, -0.1) is 0 Å². The van der Waals surface area contributed by atoms with Crippen LogP contribution in [0.25, 0.3) is 0 Å². The van der Waals surface area contributed by atoms with Crippen molar-refractivity contribution in [3.8, 4) is 0 Å². The first-order valence-corrected chi connectivity index (χ1v) is 6.95. The molecular weight excluding hydrogens is 248 g/mol. The van der Waals surface area contributed by atoms with Crippen LogP contribution in [0.3, 0.4) is 0 Å². The van der Waals surface area contributed by atoms with Gasteiger partial charge in [0.2, 0.25) is 0 Å². The van der Waals surface area contributed by atoms with E-state index in [2.05, 4.69) is 10.6 Å². The van der Waals surface area contributed by atoms with Crippen molar-refractivity contribution in [2.24, 2.45) is 11.8 Å². The van der Waals surface area contributed by atoms with Gasteiger partial charge < -0.3 is 20.5 Å². The van der Waals surface area contributed by atoms with Crippen molar-refractivity contribution in [1.82, 2.24) is 10.6 Å². The number of hydrogen-bond acceptors (Lipinski definition) is 3. The topological polar surface area (TPSA) is 87.7 Å². The fourth-order valence-corrected chi connectivity index (χ4v) is 2.93. The molecule has 1 heterocycles. The van der Waals surface area contributed by atoms with E-state index in [0.29, 0.717) is 5.92 Å². The van der Waals surface area contributed by atoms with Crippen LogP contribution in [0.15, 0.2) is 0 Å². The smallest absolute Gasteiger partial charge is 0.315 e. The number of hydrogen-bond donors (Lipinski definition) is 3. The van der Waals surface area contributed by atoms with E-state index in [0.717, 1.165) is 12.8 Å². The summed E-state index contributed by atoms with van der Waals surface area (Å²) in [6.07, 6.45) is 4.78. The third-order valence-electron chi connectivity index (χ3n) is 4.18. The summed E-state index contributed by atoms with van der Waals surface area (Å²) in [6, 6.07) is -0.595. The van der Waals surface area contributed by atoms with Crippen LogP contribution in [0.2, 0.25) is 0 Å². The Kier molecular flexibility index (Phi) is 4.63. The van der Waals surface area contributed by atoms with Crippen LogP contribution < -0.4 is 10.6 Å². The molecule has 1 aliphatic heterocycles. The molecule has 6 nitrogen and oxygen atoms in total. The third-order valence-corrected chi connectivity index (χ3v) is 4.18. The molecule has 0 spiro atoms. The summed E-state index contributed by atoms with van der Waals surface area (Å²) >= 11 is 0. The van der Waals surface area contributed by atoms with Crippen LogP contribution in [0.4, 0.5) is 4.79 Å². The van der Waals surface area contributed by atoms with Crippen molar-refractivity contribution in [3.05, 3.63) is 0 Å². The Morgan fingerprint density at radius 3 is 2.58 bits per heavy atom. The second-order valence-corrected chi connectivity index (χ2v) is 5.54. The molecular formula is C13H22N2O4. The Labute approximate surface area is 112 Å². The number of carbonyl (C=O) groups excluding carboxylic acids is 1. The molecule has 0 aromatic heterocycles. The van der Waals surface area contributed by atoms with E-state index in [9.17, 15) is 9.59 Å². The molecule has 2 fully saturated rings. The SMILES string of the molecule is CC(NC(=O)NC1COCC1C(=O)O)C1CCCC1. The highest BCUT2D eigenvalue weighted by Gasteiger charge is 2.35. The van der Waals surface area contributed by atoms with Gasteiger partial charge in [-0.1, -0.05) is 12.8 Å². The standard InChI is InChI=1S/C13H22N2O4/c1-8(9-4-2-3-5-9)14-13(18)15-11-7-19-6-10(11)12(16)17/h8-11H,2-7H2,1H3,(H,16,17)(H2,14,15,18). The van der Waals surface area contributed by atoms with Gasteiger partial charge in [0.25, 0.3) is 0 Å². The Morgan fingerprint density at radius 1 is 1.26 bits per heavy atom. The highest BCUT2D eigenvalue weighted by Crippen LogP contribution is 2.27. The zero-order valence-electron chi connectivity index (χ0n) is 11.2. The van der Waals surface area contributed by atoms with Gasteiger partial charge >= 0.3 is 12.0 Å². The first-order valence-electron chi connectivity index (χ1n) is 6.95. The molecule has 1 saturated carbocycles. The summed E-state index contributed by atoms with van der Waals surface area (Å²) in [7, 11) is 0. The predicted molar refractivity (Wildman–Crippen MR) is 68.8 cm³/mol. The molecule has 108 valence electrons. The summed E-state index contributed by atoms with van der Waals surface area (Å²) < 4.78 is 5.11. The normalized spacial score (nSPS) is 29.1. The minimum absolute atomic E-state index is 0.132. The molecule has 3 atom stereocenters. The van der Waals surface area contributed by atoms with Crippen LogP contribution in [-0.2, 0) is 9.53 Å². The maximum absolute atomic E-state index is 11.9. The van der Waals surface area contributed by atoms with Gasteiger partial charge in [0, 0.05) is 6.04 Å². The van der Waals surface area contributed by atoms with Gasteiger partial charge in [-0.05, 0) is 25.7 Å². The number of ether oxygens (including phenoxy) is 1. The summed E-state index contributed by atoms with van der Waals surface area (Å²) in [4.78, 5) is 22.8. The van der Waals surface area contributed by atoms with E-state index in [1.54, 1.807) is 0 Å². The lowest BCUT2D eigenvalue weighted by atomic mass is 10.00. The number of urea groups is 1. The second-order valence-electron chi connectivity index (χ2n) is 5.54. The molecule has 19 heavy (non-hydrogen) atoms. The highest BCUT2D eigenvalue weighted by molar-refractivity contribution is 5.77. The summed E-state index contributed by atoms with van der Waals surface area (Å²) in [5.41, 5.74) is 0. The maximum Gasteiger partial charge on any atom is 0.315 e. The van der Waals surface area contributed by atoms with E-state index in [-0.39, 0.29) is 25.3 Å². The van der Waals surface area contributed by atoms with Gasteiger partial charge in [-0.2, -0.15) is 0 Å². The highest BCUT2D eigenvalue weighted by atomic mass is 16.5. The molecule has 0 aromatic carbocycles. The Morgan fingerprint density at radius 2 is 1.95 bits per heavy atom. The van der Waals surface area contributed by atoms with Gasteiger partial charge in [-0.3, -0.25) is 4.79 Å². The van der Waals surface area contributed by atoms with Crippen molar-refractivity contribution in [2.45, 2.75) is 44.7 Å². The summed E-state index contributed by atoms with van der Waals surface area (Å²) in [6.45, 7) is 2.44. The number of carboxylic acids is 1. The van der Waals surface area contributed by atoms with E-state index in [1.165, 1.54) is 12.8 Å². The van der Waals surface area contributed by atoms with Crippen LogP contribution >= 0.6 is 0 Å². The number of amides is 2. The van der Waals surface area contributed by atoms with Gasteiger partial charge in [0.05, 0.1) is 19.3 Å². The molecule has 2 rings (SSSR count). The lowest BCUT2D eigenvalue weighted by Crippen LogP contribution is -2.50. The molecule has 2 amide bonds. The average molecular weight is 270 g/mol. The van der Waals surface area contributed by atoms with Crippen LogP contribution in [0.1, 0.15) is 32.6 Å². The van der Waals surface area contributed by atoms with Gasteiger partial charge in [0.1, 0.15) is 5.92 Å². The number of nitrogens with one attached hydrogen (secondary N) is 2. The van der Waals surface area contributed by atoms with E-state index in [1.807, 2.05) is 6.92 Å². The summed E-state index contributed by atoms with van der Waals surface area (Å²) in [5, 5.41) is 14.6. The first kappa shape index (κ1) is 14.1. The monoisotopic (exact) mass is 270 g/mol. The first-order chi connectivity index (χ1) is 9.08. The van der Waals surface area contributed by atoms with E-state index < -0.39 is 17.9 Å². The van der Waals surface area contributed by atoms with E-state index >= 15 is 0 Å². The largest absolute Gasteiger partial charge is 0.481 e. The molecule has 0 aromatic rings. The van der Waals surface area contributed by atoms with Crippen LogP contribution in [-0.4, -0.2) is 42.4 Å². The predicted octanol–water partition coefficient (Wildman–Crippen LogP) is 0.964. The lowest BCUT2D eigenvalue weighted by molar-refractivity contribution is -0.142. The van der Waals surface area contributed by atoms with Crippen molar-refractivity contribution in [3.63, 3.8) is 0 Å². The van der Waals surface area contributed by atoms with Crippen molar-refractivity contribution < 1.29 is 19.4 Å². The Bertz CT molecular complexity index is 342. The molecule has 1 aliphatic carbocycles. The van der Waals surface area contributed by atoms with Crippen LogP contribution in [0, 0.1) is 11.8 Å². The molecule has 3 N–H and O–H groups in total. The van der Waals surface area contributed by atoms with Crippen LogP contribution in [0.5, 0.6) is 0 Å². The van der Waals surface area contributed by atoms with E-state index in [4.69, 9.17) is 9.84 Å². The van der Waals surface area contributed by atoms with Gasteiger partial charge in [-0.25, -0.2) is 4.79 Å². The Hall–Kier alpha value is -1.30. The quantitative estimate of drug-likeness (QED) is 0.710. The maximum atomic E-state index is 11.9. The number of carboxylic acid groups (broad SMARTS) is 1. The number of rotatable bonds is 4. The second kappa shape index (κ2) is 6.23. The van der Waals surface area contributed by atoms with Crippen molar-refractivity contribution >= 4 is 12.0 Å². The molecule has 3 unspecified atom stereocenters. The fourth-order valence-electron chi connectivity index (χ4n) is 2.93. The molecule has 1 saturated heterocycles. The fraction of sp³-hybridized carbons (Fsp3) is 0.846. The summed E-state index contributed by atoms with van der Waals surface area (Å²) in [5.74, 6) is -1.03. The molecule has 2 aliphatic rings. The molecule has 6 heteroatoms. The van der Waals surface area contributed by atoms with Crippen molar-refractivity contribution in [2.75, 3.05) is 13.2 Å². The minimum Gasteiger partial charge on any atom is -0.481 e. The van der Waals surface area contributed by atoms with Gasteiger partial charge in [0.15, 0.2) is 0 Å². The lowest BCUT2D eigenvalue weighted by Gasteiger charge is -2.22. The Balaban J connectivity index is 1.78. The minimum atomic E-state index is -0.924. The molecule has 0 radical (unpaired) electrons. The number of carbonyl (C=O) groups is 2. The zero-order valence-corrected chi connectivity index (χ0v) is 11.2. The average Bonchev–Trinajstić information content (AvgIpc) is 2.98. The van der Waals surface area contributed by atoms with Crippen molar-refractivity contribution in [1.29, 1.82) is 0 Å².